The zero-order valence-electron chi connectivity index (χ0n) is 11.9. The molecule has 8 heteroatoms. The summed E-state index contributed by atoms with van der Waals surface area (Å²) in [6.45, 7) is 1.75. The molecule has 1 aliphatic heterocycles. The summed E-state index contributed by atoms with van der Waals surface area (Å²) in [4.78, 5) is 13.2. The van der Waals surface area contributed by atoms with E-state index in [0.717, 1.165) is 18.9 Å². The van der Waals surface area contributed by atoms with Gasteiger partial charge in [-0.25, -0.2) is 18.4 Å². The number of hydrogen-bond donors (Lipinski definition) is 2. The van der Waals surface area contributed by atoms with Gasteiger partial charge in [-0.15, -0.1) is 0 Å². The predicted molar refractivity (Wildman–Crippen MR) is 79.5 cm³/mol. The van der Waals surface area contributed by atoms with Crippen molar-refractivity contribution in [2.24, 2.45) is 11.1 Å². The molecule has 1 heterocycles. The average molecular weight is 326 g/mol. The first-order valence-corrected chi connectivity index (χ1v) is 8.67. The van der Waals surface area contributed by atoms with E-state index >= 15 is 0 Å². The third-order valence-corrected chi connectivity index (χ3v) is 5.02. The van der Waals surface area contributed by atoms with Crippen LogP contribution in [0.5, 0.6) is 0 Å². The Hall–Kier alpha value is -1.64. The third-order valence-electron chi connectivity index (χ3n) is 4.11. The molecule has 2 fully saturated rings. The van der Waals surface area contributed by atoms with Crippen LogP contribution in [0.1, 0.15) is 23.2 Å². The molecule has 0 spiro atoms. The van der Waals surface area contributed by atoms with Crippen molar-refractivity contribution in [3.8, 4) is 0 Å². The second kappa shape index (κ2) is 5.53. The van der Waals surface area contributed by atoms with Crippen molar-refractivity contribution in [1.29, 1.82) is 0 Å². The van der Waals surface area contributed by atoms with Gasteiger partial charge in [0.15, 0.2) is 0 Å². The molecule has 3 N–H and O–H groups in total. The van der Waals surface area contributed by atoms with Crippen molar-refractivity contribution in [3.63, 3.8) is 0 Å². The van der Waals surface area contributed by atoms with Gasteiger partial charge in [0.25, 0.3) is 0 Å². The molecule has 0 bridgehead atoms. The second-order valence-electron chi connectivity index (χ2n) is 5.72. The monoisotopic (exact) mass is 326 g/mol. The van der Waals surface area contributed by atoms with E-state index in [1.54, 1.807) is 0 Å². The first-order chi connectivity index (χ1) is 10.4. The van der Waals surface area contributed by atoms with E-state index < -0.39 is 16.0 Å². The first kappa shape index (κ1) is 15.3. The Morgan fingerprint density at radius 3 is 2.68 bits per heavy atom. The van der Waals surface area contributed by atoms with E-state index in [4.69, 9.17) is 9.88 Å². The molecule has 1 atom stereocenters. The predicted octanol–water partition coefficient (Wildman–Crippen LogP) is 0.647. The maximum Gasteiger partial charge on any atom is 0.337 e. The molecular formula is C14H18N2O5S. The van der Waals surface area contributed by atoms with Crippen molar-refractivity contribution in [3.05, 3.63) is 23.8 Å². The number of sulfonamides is 1. The van der Waals surface area contributed by atoms with Crippen LogP contribution in [-0.4, -0.2) is 45.3 Å². The van der Waals surface area contributed by atoms with Crippen LogP contribution in [0, 0.1) is 5.92 Å². The molecule has 1 aromatic rings. The van der Waals surface area contributed by atoms with Gasteiger partial charge in [-0.05, 0) is 37.0 Å². The van der Waals surface area contributed by atoms with Crippen LogP contribution in [0.15, 0.2) is 23.1 Å². The van der Waals surface area contributed by atoms with Gasteiger partial charge >= 0.3 is 5.97 Å². The third kappa shape index (κ3) is 3.08. The fourth-order valence-corrected chi connectivity index (χ4v) is 3.33. The van der Waals surface area contributed by atoms with Gasteiger partial charge in [-0.3, -0.25) is 0 Å². The minimum absolute atomic E-state index is 0.0528. The van der Waals surface area contributed by atoms with Crippen molar-refractivity contribution < 1.29 is 23.1 Å². The molecule has 1 unspecified atom stereocenters. The highest BCUT2D eigenvalue weighted by molar-refractivity contribution is 7.89. The number of nitrogens with zero attached hydrogens (tertiary/aromatic N) is 1. The molecular weight excluding hydrogens is 308 g/mol. The number of aromatic carboxylic acids is 1. The number of primary sulfonamides is 1. The standard InChI is InChI=1S/C14H18N2O5S/c15-22(19,20)10-3-4-12(11(7-10)14(17)18)16-5-6-21-13(8-16)9-1-2-9/h3-4,7,9,13H,1-2,5-6,8H2,(H,17,18)(H2,15,19,20). The van der Waals surface area contributed by atoms with Gasteiger partial charge in [0.05, 0.1) is 28.9 Å². The van der Waals surface area contributed by atoms with E-state index in [1.807, 2.05) is 4.90 Å². The Labute approximate surface area is 128 Å². The van der Waals surface area contributed by atoms with Gasteiger partial charge < -0.3 is 14.7 Å². The van der Waals surface area contributed by atoms with Crippen LogP contribution in [0.2, 0.25) is 0 Å². The maximum absolute atomic E-state index is 11.5. The molecule has 7 nitrogen and oxygen atoms in total. The summed E-state index contributed by atoms with van der Waals surface area (Å²) in [5.74, 6) is -0.616. The normalized spacial score (nSPS) is 22.6. The van der Waals surface area contributed by atoms with Crippen LogP contribution >= 0.6 is 0 Å². The molecule has 3 rings (SSSR count). The summed E-state index contributed by atoms with van der Waals surface area (Å²) in [6.07, 6.45) is 2.41. The Morgan fingerprint density at radius 1 is 1.36 bits per heavy atom. The SMILES string of the molecule is NS(=O)(=O)c1ccc(N2CCOC(C3CC3)C2)c(C(=O)O)c1. The highest BCUT2D eigenvalue weighted by Gasteiger charge is 2.36. The lowest BCUT2D eigenvalue weighted by Gasteiger charge is -2.35. The Bertz CT molecular complexity index is 699. The number of anilines is 1. The topological polar surface area (TPSA) is 110 Å². The van der Waals surface area contributed by atoms with Crippen LogP contribution < -0.4 is 10.0 Å². The largest absolute Gasteiger partial charge is 0.478 e. The number of carboxylic acid groups (broad SMARTS) is 1. The average Bonchev–Trinajstić information content (AvgIpc) is 3.30. The molecule has 2 aliphatic rings. The number of nitrogens with two attached hydrogens (primary N) is 1. The summed E-state index contributed by atoms with van der Waals surface area (Å²) in [6, 6.07) is 3.98. The fourth-order valence-electron chi connectivity index (χ4n) is 2.79. The van der Waals surface area contributed by atoms with Crippen LogP contribution in [0.4, 0.5) is 5.69 Å². The summed E-state index contributed by atoms with van der Waals surface area (Å²) in [5.41, 5.74) is 0.455. The Morgan fingerprint density at radius 2 is 2.09 bits per heavy atom. The van der Waals surface area contributed by atoms with E-state index in [1.165, 1.54) is 12.1 Å². The number of morpholine rings is 1. The second-order valence-corrected chi connectivity index (χ2v) is 7.28. The lowest BCUT2D eigenvalue weighted by Crippen LogP contribution is -2.44. The number of carbonyl (C=O) groups is 1. The summed E-state index contributed by atoms with van der Waals surface area (Å²) >= 11 is 0. The van der Waals surface area contributed by atoms with Crippen molar-refractivity contribution >= 4 is 21.7 Å². The highest BCUT2D eigenvalue weighted by atomic mass is 32.2. The molecule has 1 aromatic carbocycles. The number of carboxylic acids is 1. The molecule has 1 aliphatic carbocycles. The number of rotatable bonds is 4. The molecule has 0 amide bonds. The molecule has 120 valence electrons. The van der Waals surface area contributed by atoms with E-state index in [-0.39, 0.29) is 16.6 Å². The maximum atomic E-state index is 11.5. The molecule has 0 aromatic heterocycles. The van der Waals surface area contributed by atoms with Crippen molar-refractivity contribution in [1.82, 2.24) is 0 Å². The van der Waals surface area contributed by atoms with Gasteiger partial charge in [0.1, 0.15) is 0 Å². The van der Waals surface area contributed by atoms with Gasteiger partial charge in [0.2, 0.25) is 10.0 Å². The molecule has 22 heavy (non-hydrogen) atoms. The molecule has 1 saturated carbocycles. The van der Waals surface area contributed by atoms with Crippen LogP contribution in [0.3, 0.4) is 0 Å². The first-order valence-electron chi connectivity index (χ1n) is 7.13. The highest BCUT2D eigenvalue weighted by Crippen LogP contribution is 2.37. The van der Waals surface area contributed by atoms with Gasteiger partial charge in [0, 0.05) is 13.1 Å². The number of benzene rings is 1. The zero-order chi connectivity index (χ0) is 15.9. The quantitative estimate of drug-likeness (QED) is 0.840. The van der Waals surface area contributed by atoms with E-state index in [2.05, 4.69) is 0 Å². The fraction of sp³-hybridized carbons (Fsp3) is 0.500. The Kier molecular flexibility index (Phi) is 3.84. The smallest absolute Gasteiger partial charge is 0.337 e. The summed E-state index contributed by atoms with van der Waals surface area (Å²) in [7, 11) is -3.93. The van der Waals surface area contributed by atoms with Crippen LogP contribution in [0.25, 0.3) is 0 Å². The van der Waals surface area contributed by atoms with E-state index in [0.29, 0.717) is 31.3 Å². The lowest BCUT2D eigenvalue weighted by molar-refractivity contribution is 0.0262. The number of ether oxygens (including phenoxy) is 1. The Balaban J connectivity index is 1.93. The molecule has 0 radical (unpaired) electrons. The van der Waals surface area contributed by atoms with Crippen molar-refractivity contribution in [2.75, 3.05) is 24.6 Å². The summed E-state index contributed by atoms with van der Waals surface area (Å²) in [5, 5.41) is 14.5. The van der Waals surface area contributed by atoms with Gasteiger partial charge in [-0.2, -0.15) is 0 Å². The van der Waals surface area contributed by atoms with Gasteiger partial charge in [-0.1, -0.05) is 0 Å². The zero-order valence-corrected chi connectivity index (χ0v) is 12.8. The van der Waals surface area contributed by atoms with Crippen LogP contribution in [-0.2, 0) is 14.8 Å². The summed E-state index contributed by atoms with van der Waals surface area (Å²) < 4.78 is 28.5. The van der Waals surface area contributed by atoms with Crippen molar-refractivity contribution in [2.45, 2.75) is 23.8 Å². The minimum Gasteiger partial charge on any atom is -0.478 e. The number of hydrogen-bond acceptors (Lipinski definition) is 5. The molecule has 1 saturated heterocycles. The minimum atomic E-state index is -3.93. The van der Waals surface area contributed by atoms with E-state index in [9.17, 15) is 18.3 Å². The lowest BCUT2D eigenvalue weighted by atomic mass is 10.1.